The van der Waals surface area contributed by atoms with Gasteiger partial charge in [0.15, 0.2) is 0 Å². The van der Waals surface area contributed by atoms with Crippen LogP contribution in [0.15, 0.2) is 83.3 Å². The Hall–Kier alpha value is -3.38. The van der Waals surface area contributed by atoms with Crippen molar-refractivity contribution in [2.45, 2.75) is 6.92 Å². The molecule has 0 aliphatic rings. The molecular weight excluding hydrogens is 470 g/mol. The summed E-state index contributed by atoms with van der Waals surface area (Å²) in [6.45, 7) is 2.94. The summed E-state index contributed by atoms with van der Waals surface area (Å²) in [6.07, 6.45) is 0. The van der Waals surface area contributed by atoms with Gasteiger partial charge in [0.1, 0.15) is 24.7 Å². The molecule has 32 heavy (non-hydrogen) atoms. The van der Waals surface area contributed by atoms with Crippen molar-refractivity contribution in [1.82, 2.24) is 4.98 Å². The van der Waals surface area contributed by atoms with Crippen LogP contribution in [0.25, 0.3) is 22.2 Å². The van der Waals surface area contributed by atoms with Crippen molar-refractivity contribution in [1.29, 1.82) is 0 Å². The van der Waals surface area contributed by atoms with Crippen LogP contribution in [0.1, 0.15) is 17.3 Å². The molecule has 162 valence electrons. The Morgan fingerprint density at radius 1 is 0.875 bits per heavy atom. The van der Waals surface area contributed by atoms with Crippen molar-refractivity contribution >= 4 is 32.8 Å². The van der Waals surface area contributed by atoms with Crippen molar-refractivity contribution in [3.05, 3.63) is 88.9 Å². The van der Waals surface area contributed by atoms with Crippen LogP contribution in [0.3, 0.4) is 0 Å². The van der Waals surface area contributed by atoms with E-state index < -0.39 is 5.97 Å². The number of para-hydroxylation sites is 1. The Balaban J connectivity index is 1.46. The number of halogens is 1. The number of benzene rings is 3. The van der Waals surface area contributed by atoms with E-state index in [2.05, 4.69) is 15.9 Å². The van der Waals surface area contributed by atoms with Crippen LogP contribution in [-0.2, 0) is 4.74 Å². The fourth-order valence-corrected chi connectivity index (χ4v) is 3.55. The van der Waals surface area contributed by atoms with E-state index in [4.69, 9.17) is 19.2 Å². The van der Waals surface area contributed by atoms with Crippen molar-refractivity contribution in [3.8, 4) is 22.8 Å². The number of pyridine rings is 1. The lowest BCUT2D eigenvalue weighted by molar-refractivity contribution is 0.0452. The monoisotopic (exact) mass is 491 g/mol. The number of fused-ring (bicyclic) bond motifs is 1. The van der Waals surface area contributed by atoms with E-state index in [1.54, 1.807) is 6.07 Å². The minimum atomic E-state index is -0.405. The summed E-state index contributed by atoms with van der Waals surface area (Å²) in [4.78, 5) is 17.6. The van der Waals surface area contributed by atoms with E-state index in [1.807, 2.05) is 79.7 Å². The molecule has 0 aliphatic carbocycles. The number of carbonyl (C=O) groups is 1. The number of esters is 1. The Kier molecular flexibility index (Phi) is 7.02. The number of hydrogen-bond donors (Lipinski definition) is 0. The second-order valence-corrected chi connectivity index (χ2v) is 7.88. The zero-order chi connectivity index (χ0) is 22.3. The molecule has 0 bridgehead atoms. The minimum absolute atomic E-state index is 0.135. The van der Waals surface area contributed by atoms with Gasteiger partial charge in [-0.25, -0.2) is 9.78 Å². The van der Waals surface area contributed by atoms with E-state index in [-0.39, 0.29) is 13.2 Å². The maximum absolute atomic E-state index is 12.9. The van der Waals surface area contributed by atoms with Gasteiger partial charge in [-0.2, -0.15) is 0 Å². The molecule has 0 spiro atoms. The summed E-state index contributed by atoms with van der Waals surface area (Å²) in [7, 11) is 0. The lowest BCUT2D eigenvalue weighted by Crippen LogP contribution is -2.13. The van der Waals surface area contributed by atoms with Crippen LogP contribution in [0.4, 0.5) is 0 Å². The summed E-state index contributed by atoms with van der Waals surface area (Å²) in [5.74, 6) is 1.08. The molecule has 0 N–H and O–H groups in total. The fraction of sp³-hybridized carbons (Fsp3) is 0.154. The maximum Gasteiger partial charge on any atom is 0.339 e. The van der Waals surface area contributed by atoms with Gasteiger partial charge in [-0.05, 0) is 55.5 Å². The van der Waals surface area contributed by atoms with E-state index in [0.717, 1.165) is 26.7 Å². The van der Waals surface area contributed by atoms with Crippen LogP contribution in [-0.4, -0.2) is 30.8 Å². The number of hydrogen-bond acceptors (Lipinski definition) is 5. The van der Waals surface area contributed by atoms with Crippen LogP contribution in [0.2, 0.25) is 0 Å². The summed E-state index contributed by atoms with van der Waals surface area (Å²) >= 11 is 3.45. The summed E-state index contributed by atoms with van der Waals surface area (Å²) in [5.41, 5.74) is 2.86. The molecule has 5 nitrogen and oxygen atoms in total. The van der Waals surface area contributed by atoms with Crippen molar-refractivity contribution in [3.63, 3.8) is 0 Å². The Morgan fingerprint density at radius 2 is 1.56 bits per heavy atom. The van der Waals surface area contributed by atoms with Crippen LogP contribution >= 0.6 is 15.9 Å². The molecule has 0 fully saturated rings. The van der Waals surface area contributed by atoms with Gasteiger partial charge >= 0.3 is 5.97 Å². The lowest BCUT2D eigenvalue weighted by atomic mass is 10.0. The predicted octanol–water partition coefficient (Wildman–Crippen LogP) is 6.30. The first-order valence-corrected chi connectivity index (χ1v) is 11.1. The standard InChI is InChI=1S/C26H22BrNO4/c1-2-30-20-11-13-21(14-12-20)31-15-16-32-26(29)23-17-25(18-7-9-19(27)10-8-18)28-24-6-4-3-5-22(23)24/h3-14,17H,2,15-16H2,1H3. The molecule has 1 heterocycles. The van der Waals surface area contributed by atoms with E-state index in [0.29, 0.717) is 23.6 Å². The third-order valence-corrected chi connectivity index (χ3v) is 5.32. The van der Waals surface area contributed by atoms with Gasteiger partial charge < -0.3 is 14.2 Å². The highest BCUT2D eigenvalue weighted by atomic mass is 79.9. The highest BCUT2D eigenvalue weighted by Gasteiger charge is 2.15. The van der Waals surface area contributed by atoms with E-state index in [9.17, 15) is 4.79 Å². The Bertz CT molecular complexity index is 1210. The van der Waals surface area contributed by atoms with E-state index in [1.165, 1.54) is 0 Å². The van der Waals surface area contributed by atoms with Crippen LogP contribution in [0, 0.1) is 0 Å². The Morgan fingerprint density at radius 3 is 2.28 bits per heavy atom. The summed E-state index contributed by atoms with van der Waals surface area (Å²) in [5, 5.41) is 0.755. The third kappa shape index (κ3) is 5.26. The number of ether oxygens (including phenoxy) is 3. The number of nitrogens with zero attached hydrogens (tertiary/aromatic N) is 1. The third-order valence-electron chi connectivity index (χ3n) is 4.80. The second-order valence-electron chi connectivity index (χ2n) is 6.97. The Labute approximate surface area is 195 Å². The molecule has 3 aromatic carbocycles. The van der Waals surface area contributed by atoms with Gasteiger partial charge in [0.2, 0.25) is 0 Å². The number of rotatable bonds is 8. The molecule has 0 unspecified atom stereocenters. The topological polar surface area (TPSA) is 57.7 Å². The first kappa shape index (κ1) is 21.8. The summed E-state index contributed by atoms with van der Waals surface area (Å²) < 4.78 is 17.6. The molecule has 0 aliphatic heterocycles. The summed E-state index contributed by atoms with van der Waals surface area (Å²) in [6, 6.07) is 24.5. The van der Waals surface area contributed by atoms with Gasteiger partial charge in [0.05, 0.1) is 23.4 Å². The predicted molar refractivity (Wildman–Crippen MR) is 128 cm³/mol. The first-order valence-electron chi connectivity index (χ1n) is 10.3. The molecule has 1 aromatic heterocycles. The molecule has 0 radical (unpaired) electrons. The average Bonchev–Trinajstić information content (AvgIpc) is 2.82. The number of aromatic nitrogens is 1. The zero-order valence-corrected chi connectivity index (χ0v) is 19.2. The quantitative estimate of drug-likeness (QED) is 0.214. The molecule has 0 saturated heterocycles. The lowest BCUT2D eigenvalue weighted by Gasteiger charge is -2.11. The molecular formula is C26H22BrNO4. The smallest absolute Gasteiger partial charge is 0.339 e. The van der Waals surface area contributed by atoms with Gasteiger partial charge in [-0.15, -0.1) is 0 Å². The average molecular weight is 492 g/mol. The largest absolute Gasteiger partial charge is 0.494 e. The highest BCUT2D eigenvalue weighted by Crippen LogP contribution is 2.26. The number of carbonyl (C=O) groups excluding carboxylic acids is 1. The second kappa shape index (κ2) is 10.3. The zero-order valence-electron chi connectivity index (χ0n) is 17.6. The maximum atomic E-state index is 12.9. The molecule has 6 heteroatoms. The van der Waals surface area contributed by atoms with Gasteiger partial charge in [-0.3, -0.25) is 0 Å². The molecule has 0 amide bonds. The SMILES string of the molecule is CCOc1ccc(OCCOC(=O)c2cc(-c3ccc(Br)cc3)nc3ccccc23)cc1. The van der Waals surface area contributed by atoms with Crippen LogP contribution < -0.4 is 9.47 Å². The first-order chi connectivity index (χ1) is 15.6. The van der Waals surface area contributed by atoms with Gasteiger partial charge in [0, 0.05) is 15.4 Å². The van der Waals surface area contributed by atoms with Crippen molar-refractivity contribution < 1.29 is 19.0 Å². The van der Waals surface area contributed by atoms with Crippen molar-refractivity contribution in [2.75, 3.05) is 19.8 Å². The normalized spacial score (nSPS) is 10.7. The molecule has 0 saturated carbocycles. The van der Waals surface area contributed by atoms with Crippen LogP contribution in [0.5, 0.6) is 11.5 Å². The van der Waals surface area contributed by atoms with E-state index >= 15 is 0 Å². The van der Waals surface area contributed by atoms with Gasteiger partial charge in [-0.1, -0.05) is 46.3 Å². The fourth-order valence-electron chi connectivity index (χ4n) is 3.28. The highest BCUT2D eigenvalue weighted by molar-refractivity contribution is 9.10. The minimum Gasteiger partial charge on any atom is -0.494 e. The molecule has 0 atom stereocenters. The van der Waals surface area contributed by atoms with Gasteiger partial charge in [0.25, 0.3) is 0 Å². The molecule has 4 aromatic rings. The molecule has 4 rings (SSSR count). The van der Waals surface area contributed by atoms with Crippen molar-refractivity contribution in [2.24, 2.45) is 0 Å².